The van der Waals surface area contributed by atoms with Crippen LogP contribution in [0.3, 0.4) is 0 Å². The number of carbonyl (C=O) groups is 1. The van der Waals surface area contributed by atoms with E-state index >= 15 is 0 Å². The minimum Gasteiger partial charge on any atom is -0.378 e. The third-order valence-electron chi connectivity index (χ3n) is 2.32. The van der Waals surface area contributed by atoms with Crippen LogP contribution in [0.4, 0.5) is 0 Å². The average molecular weight is 311 g/mol. The summed E-state index contributed by atoms with van der Waals surface area (Å²) in [4.78, 5) is 11.4. The van der Waals surface area contributed by atoms with Crippen LogP contribution in [0.1, 0.15) is 32.1 Å². The van der Waals surface area contributed by atoms with Gasteiger partial charge in [0.1, 0.15) is 0 Å². The van der Waals surface area contributed by atoms with Gasteiger partial charge in [-0.05, 0) is 30.1 Å². The first-order valence-corrected chi connectivity index (χ1v) is 6.79. The van der Waals surface area contributed by atoms with E-state index in [-0.39, 0.29) is 12.0 Å². The molecule has 0 aromatic heterocycles. The Kier molecular flexibility index (Phi) is 6.51. The second kappa shape index (κ2) is 7.45. The van der Waals surface area contributed by atoms with Gasteiger partial charge in [-0.1, -0.05) is 22.6 Å². The minimum atomic E-state index is 0.144. The number of hydrogen-bond donors (Lipinski definition) is 1. The predicted molar refractivity (Wildman–Crippen MR) is 64.7 cm³/mol. The van der Waals surface area contributed by atoms with Gasteiger partial charge < -0.3 is 10.1 Å². The molecule has 1 aliphatic heterocycles. The molecule has 0 spiro atoms. The Hall–Kier alpha value is 0.160. The lowest BCUT2D eigenvalue weighted by Crippen LogP contribution is -2.28. The minimum absolute atomic E-state index is 0.144. The Balaban J connectivity index is 1.98. The summed E-state index contributed by atoms with van der Waals surface area (Å²) < 4.78 is 6.56. The highest BCUT2D eigenvalue weighted by Gasteiger charge is 2.18. The highest BCUT2D eigenvalue weighted by atomic mass is 127. The lowest BCUT2D eigenvalue weighted by atomic mass is 10.2. The lowest BCUT2D eigenvalue weighted by molar-refractivity contribution is -0.123. The van der Waals surface area contributed by atoms with E-state index in [2.05, 4.69) is 27.9 Å². The first kappa shape index (κ1) is 12.2. The molecule has 0 bridgehead atoms. The molecule has 3 nitrogen and oxygen atoms in total. The number of hydrogen-bond acceptors (Lipinski definition) is 2. The number of amides is 1. The summed E-state index contributed by atoms with van der Waals surface area (Å²) in [5.74, 6) is 0.144. The maximum Gasteiger partial charge on any atom is 0.222 e. The van der Waals surface area contributed by atoms with E-state index in [4.69, 9.17) is 4.74 Å². The topological polar surface area (TPSA) is 38.3 Å². The van der Waals surface area contributed by atoms with Crippen molar-refractivity contribution in [1.29, 1.82) is 0 Å². The molecule has 1 saturated heterocycles. The quantitative estimate of drug-likeness (QED) is 0.462. The molecule has 82 valence electrons. The zero-order chi connectivity index (χ0) is 10.2. The molecule has 1 aliphatic rings. The number of halogens is 1. The van der Waals surface area contributed by atoms with Crippen molar-refractivity contribution in [2.75, 3.05) is 17.6 Å². The molecular weight excluding hydrogens is 293 g/mol. The Morgan fingerprint density at radius 2 is 2.36 bits per heavy atom. The van der Waals surface area contributed by atoms with Crippen molar-refractivity contribution in [3.05, 3.63) is 0 Å². The predicted octanol–water partition coefficient (Wildman–Crippen LogP) is 1.89. The molecular formula is C10H18INO2. The fourth-order valence-corrected chi connectivity index (χ4v) is 2.07. The largest absolute Gasteiger partial charge is 0.378 e. The van der Waals surface area contributed by atoms with Crippen LogP contribution in [0, 0.1) is 0 Å². The average Bonchev–Trinajstić information content (AvgIpc) is 2.65. The Morgan fingerprint density at radius 1 is 1.50 bits per heavy atom. The van der Waals surface area contributed by atoms with Crippen LogP contribution in [0.25, 0.3) is 0 Å². The summed E-state index contributed by atoms with van der Waals surface area (Å²) in [6, 6.07) is 0. The first-order valence-electron chi connectivity index (χ1n) is 5.27. The molecule has 0 aromatic carbocycles. The van der Waals surface area contributed by atoms with Gasteiger partial charge in [-0.3, -0.25) is 4.79 Å². The van der Waals surface area contributed by atoms with Crippen molar-refractivity contribution < 1.29 is 9.53 Å². The second-order valence-corrected chi connectivity index (χ2v) is 4.66. The van der Waals surface area contributed by atoms with Crippen LogP contribution >= 0.6 is 22.6 Å². The Labute approximate surface area is 99.1 Å². The number of ether oxygens (including phenoxy) is 1. The molecule has 1 amide bonds. The summed E-state index contributed by atoms with van der Waals surface area (Å²) in [5.41, 5.74) is 0. The van der Waals surface area contributed by atoms with E-state index in [0.29, 0.717) is 6.42 Å². The molecule has 1 unspecified atom stereocenters. The molecule has 1 N–H and O–H groups in total. The van der Waals surface area contributed by atoms with Crippen molar-refractivity contribution in [1.82, 2.24) is 5.32 Å². The van der Waals surface area contributed by atoms with Crippen molar-refractivity contribution in [2.24, 2.45) is 0 Å². The van der Waals surface area contributed by atoms with E-state index in [9.17, 15) is 4.79 Å². The van der Waals surface area contributed by atoms with Gasteiger partial charge in [-0.2, -0.15) is 0 Å². The van der Waals surface area contributed by atoms with Gasteiger partial charge >= 0.3 is 0 Å². The van der Waals surface area contributed by atoms with Gasteiger partial charge in [0.2, 0.25) is 5.91 Å². The number of nitrogens with one attached hydrogen (secondary N) is 1. The lowest BCUT2D eigenvalue weighted by Gasteiger charge is -2.09. The van der Waals surface area contributed by atoms with Crippen molar-refractivity contribution in [3.63, 3.8) is 0 Å². The highest BCUT2D eigenvalue weighted by molar-refractivity contribution is 14.1. The van der Waals surface area contributed by atoms with Gasteiger partial charge in [0, 0.05) is 13.2 Å². The molecule has 1 rings (SSSR count). The Bertz CT molecular complexity index is 170. The monoisotopic (exact) mass is 311 g/mol. The molecule has 0 saturated carbocycles. The summed E-state index contributed by atoms with van der Waals surface area (Å²) >= 11 is 2.35. The first-order chi connectivity index (χ1) is 6.83. The van der Waals surface area contributed by atoms with Crippen LogP contribution in [0.15, 0.2) is 0 Å². The van der Waals surface area contributed by atoms with Gasteiger partial charge in [-0.15, -0.1) is 0 Å². The summed E-state index contributed by atoms with van der Waals surface area (Å²) in [5, 5.41) is 2.92. The van der Waals surface area contributed by atoms with Crippen LogP contribution in [-0.4, -0.2) is 29.6 Å². The maximum absolute atomic E-state index is 11.4. The zero-order valence-corrected chi connectivity index (χ0v) is 10.6. The molecule has 0 radical (unpaired) electrons. The van der Waals surface area contributed by atoms with Crippen molar-refractivity contribution in [2.45, 2.75) is 38.2 Å². The van der Waals surface area contributed by atoms with E-state index in [1.165, 1.54) is 10.8 Å². The van der Waals surface area contributed by atoms with Crippen LogP contribution in [-0.2, 0) is 9.53 Å². The molecule has 1 heterocycles. The fraction of sp³-hybridized carbons (Fsp3) is 0.900. The molecule has 14 heavy (non-hydrogen) atoms. The third-order valence-corrected chi connectivity index (χ3v) is 3.08. The number of unbranched alkanes of at least 4 members (excludes halogenated alkanes) is 1. The fourth-order valence-electron chi connectivity index (χ4n) is 1.53. The maximum atomic E-state index is 11.4. The van der Waals surface area contributed by atoms with Gasteiger partial charge in [0.05, 0.1) is 12.5 Å². The van der Waals surface area contributed by atoms with E-state index < -0.39 is 0 Å². The number of carbonyl (C=O) groups excluding carboxylic acids is 1. The smallest absolute Gasteiger partial charge is 0.222 e. The normalized spacial score (nSPS) is 21.1. The molecule has 1 fully saturated rings. The molecule has 4 heteroatoms. The van der Waals surface area contributed by atoms with Crippen molar-refractivity contribution in [3.8, 4) is 0 Å². The Morgan fingerprint density at radius 3 is 3.00 bits per heavy atom. The highest BCUT2D eigenvalue weighted by Crippen LogP contribution is 2.14. The van der Waals surface area contributed by atoms with E-state index in [1.807, 2.05) is 0 Å². The standard InChI is InChI=1S/C10H18INO2/c11-5-1-2-6-12-10(13)8-9-4-3-7-14-9/h9H,1-8H2,(H,12,13). The third kappa shape index (κ3) is 5.14. The number of alkyl halides is 1. The van der Waals surface area contributed by atoms with E-state index in [1.54, 1.807) is 0 Å². The molecule has 0 aliphatic carbocycles. The second-order valence-electron chi connectivity index (χ2n) is 3.59. The number of rotatable bonds is 6. The summed E-state index contributed by atoms with van der Waals surface area (Å²) in [6.45, 7) is 1.64. The van der Waals surface area contributed by atoms with Crippen LogP contribution in [0.2, 0.25) is 0 Å². The van der Waals surface area contributed by atoms with Gasteiger partial charge in [-0.25, -0.2) is 0 Å². The van der Waals surface area contributed by atoms with Crippen LogP contribution < -0.4 is 5.32 Å². The molecule has 1 atom stereocenters. The zero-order valence-electron chi connectivity index (χ0n) is 8.43. The summed E-state index contributed by atoms with van der Waals surface area (Å²) in [7, 11) is 0. The van der Waals surface area contributed by atoms with Crippen molar-refractivity contribution >= 4 is 28.5 Å². The SMILES string of the molecule is O=C(CC1CCCO1)NCCCCI. The molecule has 0 aromatic rings. The van der Waals surface area contributed by atoms with E-state index in [0.717, 1.165) is 32.4 Å². The van der Waals surface area contributed by atoms with Crippen LogP contribution in [0.5, 0.6) is 0 Å². The van der Waals surface area contributed by atoms with Gasteiger partial charge in [0.15, 0.2) is 0 Å². The van der Waals surface area contributed by atoms with Gasteiger partial charge in [0.25, 0.3) is 0 Å². The summed E-state index contributed by atoms with van der Waals surface area (Å²) in [6.07, 6.45) is 5.14.